The van der Waals surface area contributed by atoms with Gasteiger partial charge in [-0.05, 0) is 44.2 Å². The summed E-state index contributed by atoms with van der Waals surface area (Å²) in [6.45, 7) is 4.77. The molecule has 0 saturated carbocycles. The van der Waals surface area contributed by atoms with Gasteiger partial charge >= 0.3 is 6.09 Å². The highest BCUT2D eigenvalue weighted by atomic mass is 16.5. The molecule has 0 unspecified atom stereocenters. The van der Waals surface area contributed by atoms with Crippen LogP contribution < -0.4 is 15.4 Å². The molecule has 0 atom stereocenters. The van der Waals surface area contributed by atoms with Gasteiger partial charge in [-0.2, -0.15) is 0 Å². The Morgan fingerprint density at radius 2 is 1.84 bits per heavy atom. The van der Waals surface area contributed by atoms with Crippen LogP contribution in [0.5, 0.6) is 5.75 Å². The molecule has 132 valence electrons. The summed E-state index contributed by atoms with van der Waals surface area (Å²) < 4.78 is 10.4. The highest BCUT2D eigenvalue weighted by Crippen LogP contribution is 2.12. The van der Waals surface area contributed by atoms with Crippen LogP contribution in [0.2, 0.25) is 0 Å². The molecule has 2 N–H and O–H groups in total. The number of rotatable bonds is 7. The number of hydrogen-bond acceptors (Lipinski definition) is 4. The van der Waals surface area contributed by atoms with Gasteiger partial charge in [0.2, 0.25) is 0 Å². The molecule has 0 aliphatic rings. The van der Waals surface area contributed by atoms with Crippen molar-refractivity contribution < 1.29 is 19.1 Å². The summed E-state index contributed by atoms with van der Waals surface area (Å²) in [5, 5.41) is 5.34. The molecular formula is C19H22N2O4. The first kappa shape index (κ1) is 18.3. The van der Waals surface area contributed by atoms with Crippen molar-refractivity contribution in [3.63, 3.8) is 0 Å². The van der Waals surface area contributed by atoms with Crippen LogP contribution in [0, 0.1) is 6.92 Å². The molecule has 6 heteroatoms. The summed E-state index contributed by atoms with van der Waals surface area (Å²) >= 11 is 0. The zero-order valence-electron chi connectivity index (χ0n) is 14.4. The van der Waals surface area contributed by atoms with Crippen molar-refractivity contribution >= 4 is 17.7 Å². The Balaban J connectivity index is 1.80. The second-order valence-corrected chi connectivity index (χ2v) is 5.34. The Hall–Kier alpha value is -3.02. The van der Waals surface area contributed by atoms with Crippen LogP contribution in [0.1, 0.15) is 22.8 Å². The normalized spacial score (nSPS) is 10.0. The highest BCUT2D eigenvalue weighted by molar-refractivity contribution is 5.96. The fourth-order valence-electron chi connectivity index (χ4n) is 2.09. The van der Waals surface area contributed by atoms with Gasteiger partial charge in [0, 0.05) is 11.3 Å². The van der Waals surface area contributed by atoms with Gasteiger partial charge in [0.15, 0.2) is 0 Å². The number of carbonyl (C=O) groups is 2. The third-order valence-electron chi connectivity index (χ3n) is 3.32. The minimum absolute atomic E-state index is 0.236. The molecule has 0 heterocycles. The van der Waals surface area contributed by atoms with Gasteiger partial charge in [0.05, 0.1) is 13.2 Å². The molecule has 0 aliphatic heterocycles. The first-order valence-electron chi connectivity index (χ1n) is 8.10. The number of benzene rings is 2. The van der Waals surface area contributed by atoms with E-state index in [2.05, 4.69) is 10.6 Å². The van der Waals surface area contributed by atoms with Crippen LogP contribution in [-0.2, 0) is 4.74 Å². The SMILES string of the molecule is CCOC(=O)Nc1cccc(C(=O)NCCOc2ccc(C)cc2)c1. The fraction of sp³-hybridized carbons (Fsp3) is 0.263. The summed E-state index contributed by atoms with van der Waals surface area (Å²) in [6.07, 6.45) is -0.549. The van der Waals surface area contributed by atoms with E-state index >= 15 is 0 Å². The lowest BCUT2D eigenvalue weighted by molar-refractivity contribution is 0.0947. The lowest BCUT2D eigenvalue weighted by Gasteiger charge is -2.09. The Bertz CT molecular complexity index is 714. The largest absolute Gasteiger partial charge is 0.492 e. The zero-order valence-corrected chi connectivity index (χ0v) is 14.4. The monoisotopic (exact) mass is 342 g/mol. The molecule has 0 aromatic heterocycles. The van der Waals surface area contributed by atoms with Gasteiger partial charge in [-0.25, -0.2) is 4.79 Å². The third kappa shape index (κ3) is 6.18. The quantitative estimate of drug-likeness (QED) is 0.756. The minimum Gasteiger partial charge on any atom is -0.492 e. The average Bonchev–Trinajstić information content (AvgIpc) is 2.60. The molecule has 0 spiro atoms. The lowest BCUT2D eigenvalue weighted by atomic mass is 10.2. The van der Waals surface area contributed by atoms with Crippen LogP contribution in [0.3, 0.4) is 0 Å². The van der Waals surface area contributed by atoms with Crippen molar-refractivity contribution in [2.45, 2.75) is 13.8 Å². The van der Waals surface area contributed by atoms with Gasteiger partial charge in [-0.3, -0.25) is 10.1 Å². The van der Waals surface area contributed by atoms with E-state index in [0.717, 1.165) is 11.3 Å². The summed E-state index contributed by atoms with van der Waals surface area (Å²) in [7, 11) is 0. The lowest BCUT2D eigenvalue weighted by Crippen LogP contribution is -2.28. The molecule has 2 aromatic rings. The number of hydrogen-bond donors (Lipinski definition) is 2. The molecule has 2 aromatic carbocycles. The number of nitrogens with one attached hydrogen (secondary N) is 2. The molecule has 0 fully saturated rings. The molecule has 0 bridgehead atoms. The Labute approximate surface area is 147 Å². The molecule has 6 nitrogen and oxygen atoms in total. The molecule has 25 heavy (non-hydrogen) atoms. The Morgan fingerprint density at radius 1 is 1.08 bits per heavy atom. The van der Waals surface area contributed by atoms with Crippen LogP contribution in [0.25, 0.3) is 0 Å². The number of amides is 2. The molecule has 0 aliphatic carbocycles. The van der Waals surface area contributed by atoms with Crippen molar-refractivity contribution in [2.75, 3.05) is 25.1 Å². The van der Waals surface area contributed by atoms with E-state index in [4.69, 9.17) is 9.47 Å². The van der Waals surface area contributed by atoms with Gasteiger partial charge in [0.1, 0.15) is 12.4 Å². The first-order chi connectivity index (χ1) is 12.1. The second-order valence-electron chi connectivity index (χ2n) is 5.34. The smallest absolute Gasteiger partial charge is 0.411 e. The molecule has 2 rings (SSSR count). The van der Waals surface area contributed by atoms with Crippen LogP contribution in [0.15, 0.2) is 48.5 Å². The van der Waals surface area contributed by atoms with Gasteiger partial charge in [-0.15, -0.1) is 0 Å². The number of ether oxygens (including phenoxy) is 2. The molecular weight excluding hydrogens is 320 g/mol. The van der Waals surface area contributed by atoms with E-state index in [1.807, 2.05) is 31.2 Å². The van der Waals surface area contributed by atoms with Crippen molar-refractivity contribution in [1.29, 1.82) is 0 Å². The number of carbonyl (C=O) groups excluding carboxylic acids is 2. The van der Waals surface area contributed by atoms with Crippen LogP contribution >= 0.6 is 0 Å². The molecule has 0 saturated heterocycles. The van der Waals surface area contributed by atoms with Crippen molar-refractivity contribution in [1.82, 2.24) is 5.32 Å². The van der Waals surface area contributed by atoms with Crippen molar-refractivity contribution in [2.24, 2.45) is 0 Å². The maximum Gasteiger partial charge on any atom is 0.411 e. The van der Waals surface area contributed by atoms with E-state index in [1.54, 1.807) is 31.2 Å². The molecule has 0 radical (unpaired) electrons. The van der Waals surface area contributed by atoms with Crippen molar-refractivity contribution in [3.05, 3.63) is 59.7 Å². The average molecular weight is 342 g/mol. The Morgan fingerprint density at radius 3 is 2.56 bits per heavy atom. The van der Waals surface area contributed by atoms with Gasteiger partial charge < -0.3 is 14.8 Å². The van der Waals surface area contributed by atoms with E-state index in [-0.39, 0.29) is 12.5 Å². The van der Waals surface area contributed by atoms with E-state index in [9.17, 15) is 9.59 Å². The standard InChI is InChI=1S/C19H22N2O4/c1-3-24-19(23)21-16-6-4-5-15(13-16)18(22)20-11-12-25-17-9-7-14(2)8-10-17/h4-10,13H,3,11-12H2,1-2H3,(H,20,22)(H,21,23). The summed E-state index contributed by atoms with van der Waals surface area (Å²) in [5.41, 5.74) is 2.11. The number of anilines is 1. The zero-order chi connectivity index (χ0) is 18.1. The predicted octanol–water partition coefficient (Wildman–Crippen LogP) is 3.37. The van der Waals surface area contributed by atoms with Gasteiger partial charge in [-0.1, -0.05) is 23.8 Å². The third-order valence-corrected chi connectivity index (χ3v) is 3.32. The highest BCUT2D eigenvalue weighted by Gasteiger charge is 2.08. The van der Waals surface area contributed by atoms with Crippen molar-refractivity contribution in [3.8, 4) is 5.75 Å². The van der Waals surface area contributed by atoms with Gasteiger partial charge in [0.25, 0.3) is 5.91 Å². The first-order valence-corrected chi connectivity index (χ1v) is 8.10. The predicted molar refractivity (Wildman–Crippen MR) is 96.1 cm³/mol. The van der Waals surface area contributed by atoms with Crippen LogP contribution in [0.4, 0.5) is 10.5 Å². The maximum absolute atomic E-state index is 12.2. The van der Waals surface area contributed by atoms with E-state index in [0.29, 0.717) is 24.4 Å². The second kappa shape index (κ2) is 9.32. The maximum atomic E-state index is 12.2. The topological polar surface area (TPSA) is 76.7 Å². The summed E-state index contributed by atoms with van der Waals surface area (Å²) in [6, 6.07) is 14.4. The fourth-order valence-corrected chi connectivity index (χ4v) is 2.09. The Kier molecular flexibility index (Phi) is 6.83. The van der Waals surface area contributed by atoms with E-state index < -0.39 is 6.09 Å². The van der Waals surface area contributed by atoms with E-state index in [1.165, 1.54) is 0 Å². The minimum atomic E-state index is -0.549. The molecule has 2 amide bonds. The number of aryl methyl sites for hydroxylation is 1. The summed E-state index contributed by atoms with van der Waals surface area (Å²) in [5.74, 6) is 0.528. The van der Waals surface area contributed by atoms with Crippen LogP contribution in [-0.4, -0.2) is 31.8 Å². The summed E-state index contributed by atoms with van der Waals surface area (Å²) in [4.78, 5) is 23.6.